The summed E-state index contributed by atoms with van der Waals surface area (Å²) in [6.45, 7) is 6.78. The summed E-state index contributed by atoms with van der Waals surface area (Å²) in [4.78, 5) is 0. The average Bonchev–Trinajstić information content (AvgIpc) is 2.94. The molecule has 0 saturated carbocycles. The monoisotopic (exact) mass is 376 g/mol. The fourth-order valence-corrected chi connectivity index (χ4v) is 1.03. The summed E-state index contributed by atoms with van der Waals surface area (Å²) in [7, 11) is 0. The van der Waals surface area contributed by atoms with Crippen LogP contribution in [0.3, 0.4) is 0 Å². The first-order valence-electron chi connectivity index (χ1n) is 5.66. The van der Waals surface area contributed by atoms with Crippen LogP contribution in [0, 0.1) is 12.2 Å². The fourth-order valence-electron chi connectivity index (χ4n) is 1.03. The molecule has 0 bridgehead atoms. The molecule has 0 spiro atoms. The van der Waals surface area contributed by atoms with Crippen molar-refractivity contribution < 1.29 is 48.1 Å². The van der Waals surface area contributed by atoms with Crippen LogP contribution in [0.15, 0.2) is 36.0 Å². The zero-order valence-corrected chi connectivity index (χ0v) is 16.2. The minimum atomic E-state index is 0. The maximum Gasteiger partial charge on any atom is -0.109 e. The summed E-state index contributed by atoms with van der Waals surface area (Å²) in [6, 6.07) is 0. The Kier molecular flexibility index (Phi) is 23.2. The second kappa shape index (κ2) is 17.6. The van der Waals surface area contributed by atoms with Crippen molar-refractivity contribution in [2.75, 3.05) is 0 Å². The van der Waals surface area contributed by atoms with Gasteiger partial charge in [0.05, 0.1) is 0 Å². The van der Waals surface area contributed by atoms with E-state index in [0.29, 0.717) is 0 Å². The summed E-state index contributed by atoms with van der Waals surface area (Å²) in [5.74, 6) is 0. The molecule has 0 aromatic carbocycles. The van der Waals surface area contributed by atoms with Crippen molar-refractivity contribution >= 4 is 5.43 Å². The van der Waals surface area contributed by atoms with Crippen LogP contribution in [0.1, 0.15) is 26.2 Å². The quantitative estimate of drug-likeness (QED) is 0.373. The molecule has 100 valence electrons. The molecule has 0 aliphatic heterocycles. The molecule has 0 fully saturated rings. The standard InChI is InChI=1S/C7H9.C5H5.C2H6Si.2ClH.Zr/c1-2-7-5-3-4-6-7;1-2-4-5-3-1;1-3-2;;;/h5-6H,2-3H2,1H3;1-3H,4H2;1-2H3;2*1H;/q2*-1;;;;+2/p-2. The van der Waals surface area contributed by atoms with E-state index in [1.165, 1.54) is 5.57 Å². The number of allylic oxidation sites excluding steroid dienone is 8. The number of hydrogen-bond acceptors (Lipinski definition) is 0. The van der Waals surface area contributed by atoms with Crippen molar-refractivity contribution in [3.63, 3.8) is 0 Å². The van der Waals surface area contributed by atoms with Crippen molar-refractivity contribution in [1.29, 1.82) is 0 Å². The van der Waals surface area contributed by atoms with Gasteiger partial charge in [0.2, 0.25) is 0 Å². The van der Waals surface area contributed by atoms with Crippen molar-refractivity contribution in [3.05, 3.63) is 48.1 Å². The number of hydrogen-bond donors (Lipinski definition) is 0. The van der Waals surface area contributed by atoms with Crippen molar-refractivity contribution in [1.82, 2.24) is 0 Å². The molecular weight excluding hydrogens is 358 g/mol. The van der Waals surface area contributed by atoms with E-state index in [9.17, 15) is 0 Å². The van der Waals surface area contributed by atoms with Crippen LogP contribution in [0.5, 0.6) is 0 Å². The molecule has 2 aliphatic carbocycles. The van der Waals surface area contributed by atoms with Crippen molar-refractivity contribution in [2.24, 2.45) is 0 Å². The van der Waals surface area contributed by atoms with Gasteiger partial charge in [-0.05, 0) is 0 Å². The maximum atomic E-state index is 3.11. The molecule has 2 aliphatic rings. The predicted octanol–water partition coefficient (Wildman–Crippen LogP) is -1.82. The molecule has 0 nitrogen and oxygen atoms in total. The summed E-state index contributed by atoms with van der Waals surface area (Å²) in [5, 5.41) is 0. The molecule has 0 N–H and O–H groups in total. The summed E-state index contributed by atoms with van der Waals surface area (Å²) >= 11 is 1.74. The maximum absolute atomic E-state index is 3.11. The largest absolute Gasteiger partial charge is 1.00 e. The van der Waals surface area contributed by atoms with E-state index >= 15 is 0 Å². The van der Waals surface area contributed by atoms with Crippen LogP contribution in [0.4, 0.5) is 0 Å². The zero-order chi connectivity index (χ0) is 12.2. The average molecular weight is 379 g/mol. The second-order valence-corrected chi connectivity index (χ2v) is 13.1. The Bertz CT molecular complexity index is 304. The second-order valence-electron chi connectivity index (χ2n) is 3.69. The van der Waals surface area contributed by atoms with Crippen LogP contribution in [-0.4, -0.2) is 5.43 Å². The first kappa shape index (κ1) is 23.7. The Labute approximate surface area is 140 Å². The molecule has 0 saturated heterocycles. The van der Waals surface area contributed by atoms with Crippen LogP contribution in [0.2, 0.25) is 13.1 Å². The Morgan fingerprint density at radius 2 is 1.83 bits per heavy atom. The third kappa shape index (κ3) is 19.0. The minimum Gasteiger partial charge on any atom is -1.00 e. The summed E-state index contributed by atoms with van der Waals surface area (Å²) < 4.78 is 0. The van der Waals surface area contributed by atoms with E-state index in [2.05, 4.69) is 50.4 Å². The Balaban J connectivity index is -0.000000185. The van der Waals surface area contributed by atoms with Crippen molar-refractivity contribution in [2.45, 2.75) is 39.3 Å². The van der Waals surface area contributed by atoms with Gasteiger partial charge in [0.25, 0.3) is 0 Å². The van der Waals surface area contributed by atoms with Gasteiger partial charge >= 0.3 is 41.9 Å². The van der Waals surface area contributed by atoms with Gasteiger partial charge in [0.1, 0.15) is 0 Å². The molecule has 18 heavy (non-hydrogen) atoms. The summed E-state index contributed by atoms with van der Waals surface area (Å²) in [6.07, 6.45) is 19.6. The molecule has 0 atom stereocenters. The molecular formula is C14H20Cl2SiZr-2. The minimum absolute atomic E-state index is 0. The van der Waals surface area contributed by atoms with Gasteiger partial charge in [0, 0.05) is 0 Å². The van der Waals surface area contributed by atoms with E-state index in [1.54, 1.807) is 23.3 Å². The Morgan fingerprint density at radius 3 is 2.00 bits per heavy atom. The normalized spacial score (nSPS) is 13.3. The third-order valence-electron chi connectivity index (χ3n) is 1.76. The Hall–Kier alpha value is 0.640. The Morgan fingerprint density at radius 1 is 1.22 bits per heavy atom. The van der Waals surface area contributed by atoms with Gasteiger partial charge in [-0.15, -0.1) is 12.8 Å². The van der Waals surface area contributed by atoms with Gasteiger partial charge in [-0.2, -0.15) is 12.2 Å². The van der Waals surface area contributed by atoms with Gasteiger partial charge < -0.3 is 24.8 Å². The first-order chi connectivity index (χ1) is 7.66. The predicted molar refractivity (Wildman–Crippen MR) is 69.9 cm³/mol. The van der Waals surface area contributed by atoms with E-state index in [-0.39, 0.29) is 30.2 Å². The molecule has 4 heteroatoms. The van der Waals surface area contributed by atoms with Gasteiger partial charge in [-0.3, -0.25) is 12.2 Å². The van der Waals surface area contributed by atoms with Gasteiger partial charge in [0.15, 0.2) is 0 Å². The summed E-state index contributed by atoms with van der Waals surface area (Å²) in [5.41, 5.74) is 1.64. The van der Waals surface area contributed by atoms with Crippen LogP contribution >= 0.6 is 0 Å². The first-order valence-corrected chi connectivity index (χ1v) is 11.8. The van der Waals surface area contributed by atoms with E-state index in [0.717, 1.165) is 19.3 Å². The van der Waals surface area contributed by atoms with E-state index in [1.807, 2.05) is 12.2 Å². The molecule has 0 unspecified atom stereocenters. The third-order valence-corrected chi connectivity index (χ3v) is 1.76. The molecule has 0 heterocycles. The molecule has 0 radical (unpaired) electrons. The fraction of sp³-hybridized carbons (Fsp3) is 0.429. The molecule has 2 rings (SSSR count). The van der Waals surface area contributed by atoms with Gasteiger partial charge in [-0.25, -0.2) is 23.8 Å². The van der Waals surface area contributed by atoms with Crippen LogP contribution < -0.4 is 24.8 Å². The topological polar surface area (TPSA) is 0 Å². The molecule has 0 aromatic rings. The smallest absolute Gasteiger partial charge is 0.109 e. The molecule has 0 amide bonds. The van der Waals surface area contributed by atoms with Crippen LogP contribution in [0.25, 0.3) is 0 Å². The zero-order valence-electron chi connectivity index (χ0n) is 11.3. The van der Waals surface area contributed by atoms with E-state index in [4.69, 9.17) is 0 Å². The number of halogens is 2. The number of rotatable bonds is 1. The van der Waals surface area contributed by atoms with Gasteiger partial charge in [-0.1, -0.05) is 13.3 Å². The molecule has 0 aromatic heterocycles. The SMILES string of the molecule is CCC1=CC[C-]=C1.C[Si](C)=[Zr+2].[C-]1=CC=CC1.[Cl-].[Cl-]. The van der Waals surface area contributed by atoms with E-state index < -0.39 is 0 Å². The van der Waals surface area contributed by atoms with Crippen LogP contribution in [-0.2, 0) is 23.3 Å². The van der Waals surface area contributed by atoms with Crippen molar-refractivity contribution in [3.8, 4) is 0 Å².